The molecule has 1 aliphatic heterocycles. The van der Waals surface area contributed by atoms with Gasteiger partial charge >= 0.3 is 0 Å². The lowest BCUT2D eigenvalue weighted by atomic mass is 10.1. The molecule has 3 rings (SSSR count). The minimum Gasteiger partial charge on any atom is -0.361 e. The van der Waals surface area contributed by atoms with Crippen molar-refractivity contribution < 1.29 is 14.4 Å². The molecule has 0 saturated heterocycles. The van der Waals surface area contributed by atoms with Gasteiger partial charge in [-0.15, -0.1) is 0 Å². The van der Waals surface area contributed by atoms with Crippen molar-refractivity contribution in [2.75, 3.05) is 13.1 Å². The van der Waals surface area contributed by atoms with E-state index in [1.165, 1.54) is 0 Å². The predicted molar refractivity (Wildman–Crippen MR) is 109 cm³/mol. The van der Waals surface area contributed by atoms with E-state index in [-0.39, 0.29) is 5.11 Å². The molecule has 28 heavy (non-hydrogen) atoms. The van der Waals surface area contributed by atoms with Crippen molar-refractivity contribution in [1.29, 1.82) is 0 Å². The standard InChI is InChI=1S/C19H17ClN4O3S/c20-13-7-5-12(6-8-13)9-10-21-19(28)23-22-16(25)11-24-17(26)14-3-1-2-4-15(14)18(24)27/h1-8H,9-11H2,(H,22,25)(H2,21,23,28). The molecule has 0 atom stereocenters. The van der Waals surface area contributed by atoms with Crippen molar-refractivity contribution in [3.05, 3.63) is 70.2 Å². The SMILES string of the molecule is O=C(CN1C(=O)c2ccccc2C1=O)NNC(=S)NCCc1ccc(Cl)cc1. The van der Waals surface area contributed by atoms with E-state index in [4.69, 9.17) is 23.8 Å². The number of imide groups is 1. The van der Waals surface area contributed by atoms with Crippen molar-refractivity contribution in [2.24, 2.45) is 0 Å². The lowest BCUT2D eigenvalue weighted by molar-refractivity contribution is -0.122. The summed E-state index contributed by atoms with van der Waals surface area (Å²) in [5.74, 6) is -1.53. The van der Waals surface area contributed by atoms with Crippen LogP contribution in [0.25, 0.3) is 0 Å². The highest BCUT2D eigenvalue weighted by atomic mass is 35.5. The maximum atomic E-state index is 12.2. The number of carbonyl (C=O) groups is 3. The van der Waals surface area contributed by atoms with Crippen LogP contribution in [0.3, 0.4) is 0 Å². The molecule has 9 heteroatoms. The molecule has 0 aromatic heterocycles. The monoisotopic (exact) mass is 416 g/mol. The Balaban J connectivity index is 1.41. The highest BCUT2D eigenvalue weighted by Gasteiger charge is 2.36. The molecule has 0 spiro atoms. The van der Waals surface area contributed by atoms with Gasteiger partial charge in [0.05, 0.1) is 11.1 Å². The molecule has 1 aliphatic rings. The van der Waals surface area contributed by atoms with Crippen molar-refractivity contribution in [1.82, 2.24) is 21.1 Å². The topological polar surface area (TPSA) is 90.5 Å². The van der Waals surface area contributed by atoms with E-state index in [2.05, 4.69) is 16.2 Å². The fraction of sp³-hybridized carbons (Fsp3) is 0.158. The van der Waals surface area contributed by atoms with Gasteiger partial charge in [-0.05, 0) is 48.5 Å². The molecule has 0 unspecified atom stereocenters. The first kappa shape index (κ1) is 19.8. The fourth-order valence-corrected chi connectivity index (χ4v) is 2.99. The Morgan fingerprint density at radius 1 is 0.964 bits per heavy atom. The first-order valence-electron chi connectivity index (χ1n) is 8.48. The number of carbonyl (C=O) groups excluding carboxylic acids is 3. The molecule has 2 aromatic rings. The first-order valence-corrected chi connectivity index (χ1v) is 9.26. The third kappa shape index (κ3) is 4.65. The van der Waals surface area contributed by atoms with E-state index >= 15 is 0 Å². The zero-order valence-corrected chi connectivity index (χ0v) is 16.3. The number of amides is 3. The van der Waals surface area contributed by atoms with Crippen molar-refractivity contribution in [2.45, 2.75) is 6.42 Å². The van der Waals surface area contributed by atoms with Gasteiger partial charge in [0.25, 0.3) is 17.7 Å². The number of nitrogens with zero attached hydrogens (tertiary/aromatic N) is 1. The number of hydrogen-bond acceptors (Lipinski definition) is 4. The van der Waals surface area contributed by atoms with Crippen molar-refractivity contribution >= 4 is 46.7 Å². The van der Waals surface area contributed by atoms with E-state index in [9.17, 15) is 14.4 Å². The maximum absolute atomic E-state index is 12.2. The summed E-state index contributed by atoms with van der Waals surface area (Å²) in [7, 11) is 0. The minimum atomic E-state index is -0.559. The molecule has 144 valence electrons. The summed E-state index contributed by atoms with van der Waals surface area (Å²) in [6.07, 6.45) is 0.724. The van der Waals surface area contributed by atoms with Crippen LogP contribution < -0.4 is 16.2 Å². The molecule has 1 heterocycles. The molecule has 3 amide bonds. The summed E-state index contributed by atoms with van der Waals surface area (Å²) in [4.78, 5) is 37.4. The molecule has 0 fully saturated rings. The van der Waals surface area contributed by atoms with Crippen molar-refractivity contribution in [3.8, 4) is 0 Å². The lowest BCUT2D eigenvalue weighted by Gasteiger charge is -2.15. The Morgan fingerprint density at radius 2 is 1.57 bits per heavy atom. The number of hydrazine groups is 1. The third-order valence-corrected chi connectivity index (χ3v) is 4.61. The summed E-state index contributed by atoms with van der Waals surface area (Å²) < 4.78 is 0. The average molecular weight is 417 g/mol. The van der Waals surface area contributed by atoms with Gasteiger partial charge in [-0.1, -0.05) is 35.9 Å². The van der Waals surface area contributed by atoms with Crippen LogP contribution in [0.4, 0.5) is 0 Å². The third-order valence-electron chi connectivity index (χ3n) is 4.11. The number of nitrogens with one attached hydrogen (secondary N) is 3. The van der Waals surface area contributed by atoms with E-state index in [0.717, 1.165) is 16.9 Å². The Bertz CT molecular complexity index is 898. The van der Waals surface area contributed by atoms with Gasteiger partial charge in [0, 0.05) is 11.6 Å². The van der Waals surface area contributed by atoms with Gasteiger partial charge < -0.3 is 5.32 Å². The number of benzene rings is 2. The highest BCUT2D eigenvalue weighted by Crippen LogP contribution is 2.21. The number of thiocarbonyl (C=S) groups is 1. The van der Waals surface area contributed by atoms with Crippen LogP contribution in [0.15, 0.2) is 48.5 Å². The molecule has 0 aliphatic carbocycles. The second-order valence-corrected chi connectivity index (χ2v) is 6.89. The van der Waals surface area contributed by atoms with Crippen molar-refractivity contribution in [3.63, 3.8) is 0 Å². The lowest BCUT2D eigenvalue weighted by Crippen LogP contribution is -2.50. The second kappa shape index (κ2) is 8.81. The van der Waals surface area contributed by atoms with E-state index in [1.54, 1.807) is 24.3 Å². The largest absolute Gasteiger partial charge is 0.361 e. The van der Waals surface area contributed by atoms with Gasteiger partial charge in [0.15, 0.2) is 5.11 Å². The number of rotatable bonds is 5. The molecule has 0 saturated carbocycles. The zero-order valence-electron chi connectivity index (χ0n) is 14.7. The van der Waals surface area contributed by atoms with E-state index in [0.29, 0.717) is 22.7 Å². The Morgan fingerprint density at radius 3 is 2.18 bits per heavy atom. The summed E-state index contributed by atoms with van der Waals surface area (Å²) >= 11 is 10.9. The normalized spacial score (nSPS) is 12.5. The van der Waals surface area contributed by atoms with Crippen LogP contribution in [0, 0.1) is 0 Å². The van der Waals surface area contributed by atoms with Crippen LogP contribution in [0.1, 0.15) is 26.3 Å². The number of fused-ring (bicyclic) bond motifs is 1. The maximum Gasteiger partial charge on any atom is 0.262 e. The number of hydrogen-bond donors (Lipinski definition) is 3. The smallest absolute Gasteiger partial charge is 0.262 e. The Kier molecular flexibility index (Phi) is 6.23. The van der Waals surface area contributed by atoms with Crippen LogP contribution in [0.5, 0.6) is 0 Å². The average Bonchev–Trinajstić information content (AvgIpc) is 2.93. The van der Waals surface area contributed by atoms with E-state index < -0.39 is 24.3 Å². The van der Waals surface area contributed by atoms with Gasteiger partial charge in [0.2, 0.25) is 0 Å². The van der Waals surface area contributed by atoms with E-state index in [1.807, 2.05) is 24.3 Å². The summed E-state index contributed by atoms with van der Waals surface area (Å²) in [5, 5.41) is 3.85. The van der Waals surface area contributed by atoms with Crippen LogP contribution >= 0.6 is 23.8 Å². The van der Waals surface area contributed by atoms with Gasteiger partial charge in [-0.3, -0.25) is 30.1 Å². The fourth-order valence-electron chi connectivity index (χ4n) is 2.71. The molecular weight excluding hydrogens is 400 g/mol. The highest BCUT2D eigenvalue weighted by molar-refractivity contribution is 7.80. The Labute approximate surface area is 172 Å². The van der Waals surface area contributed by atoms with Crippen LogP contribution in [0.2, 0.25) is 5.02 Å². The first-order chi connectivity index (χ1) is 13.5. The van der Waals surface area contributed by atoms with Gasteiger partial charge in [-0.25, -0.2) is 0 Å². The Hall–Kier alpha value is -2.97. The molecule has 0 radical (unpaired) electrons. The molecule has 3 N–H and O–H groups in total. The van der Waals surface area contributed by atoms with Crippen LogP contribution in [-0.2, 0) is 11.2 Å². The number of halogens is 1. The molecule has 7 nitrogen and oxygen atoms in total. The quantitative estimate of drug-likeness (QED) is 0.390. The summed E-state index contributed by atoms with van der Waals surface area (Å²) in [6.45, 7) is 0.161. The summed E-state index contributed by atoms with van der Waals surface area (Å²) in [5.41, 5.74) is 6.62. The van der Waals surface area contributed by atoms with Crippen LogP contribution in [-0.4, -0.2) is 40.8 Å². The van der Waals surface area contributed by atoms with Gasteiger partial charge in [-0.2, -0.15) is 0 Å². The van der Waals surface area contributed by atoms with Gasteiger partial charge in [0.1, 0.15) is 6.54 Å². The molecule has 0 bridgehead atoms. The molecule has 2 aromatic carbocycles. The predicted octanol–water partition coefficient (Wildman–Crippen LogP) is 1.67. The minimum absolute atomic E-state index is 0.227. The zero-order chi connectivity index (χ0) is 20.1. The molecular formula is C19H17ClN4O3S. The second-order valence-electron chi connectivity index (χ2n) is 6.05. The summed E-state index contributed by atoms with van der Waals surface area (Å²) in [6, 6.07) is 13.9.